The molecule has 4 aromatic rings. The zero-order valence-electron chi connectivity index (χ0n) is 26.0. The van der Waals surface area contributed by atoms with Gasteiger partial charge in [-0.05, 0) is 29.3 Å². The van der Waals surface area contributed by atoms with Gasteiger partial charge in [-0.3, -0.25) is 14.5 Å². The summed E-state index contributed by atoms with van der Waals surface area (Å²) in [5.74, 6) is -0.475. The van der Waals surface area contributed by atoms with Gasteiger partial charge >= 0.3 is 5.97 Å². The third-order valence-electron chi connectivity index (χ3n) is 7.60. The van der Waals surface area contributed by atoms with Crippen molar-refractivity contribution in [1.82, 2.24) is 9.80 Å². The Morgan fingerprint density at radius 1 is 0.804 bits per heavy atom. The summed E-state index contributed by atoms with van der Waals surface area (Å²) in [6.45, 7) is 0.797. The van der Waals surface area contributed by atoms with E-state index in [1.165, 1.54) is 4.90 Å². The summed E-state index contributed by atoms with van der Waals surface area (Å²) in [6.07, 6.45) is 0.0745. The van der Waals surface area contributed by atoms with Crippen LogP contribution >= 0.6 is 0 Å². The van der Waals surface area contributed by atoms with Crippen LogP contribution in [0, 0.1) is 0 Å². The van der Waals surface area contributed by atoms with Gasteiger partial charge in [0.05, 0.1) is 11.4 Å². The van der Waals surface area contributed by atoms with Crippen LogP contribution in [0.4, 0.5) is 11.4 Å². The Morgan fingerprint density at radius 2 is 1.43 bits per heavy atom. The van der Waals surface area contributed by atoms with Crippen LogP contribution in [-0.4, -0.2) is 54.1 Å². The molecule has 0 atom stereocenters. The summed E-state index contributed by atoms with van der Waals surface area (Å²) >= 11 is 0. The van der Waals surface area contributed by atoms with Gasteiger partial charge in [0.2, 0.25) is 11.7 Å². The molecular weight excluding hydrogens is 582 g/mol. The van der Waals surface area contributed by atoms with Gasteiger partial charge in [0.1, 0.15) is 6.54 Å². The second-order valence-corrected chi connectivity index (χ2v) is 11.2. The Kier molecular flexibility index (Phi) is 10.3. The first-order valence-electron chi connectivity index (χ1n) is 15.0. The molecule has 0 spiro atoms. The molecule has 0 unspecified atom stereocenters. The zero-order valence-corrected chi connectivity index (χ0v) is 26.0. The summed E-state index contributed by atoms with van der Waals surface area (Å²) in [5, 5.41) is 0. The van der Waals surface area contributed by atoms with E-state index in [0.717, 1.165) is 16.8 Å². The van der Waals surface area contributed by atoms with Crippen LogP contribution in [0.25, 0.3) is 0 Å². The highest BCUT2D eigenvalue weighted by atomic mass is 17.2. The molecule has 0 aromatic heterocycles. The molecule has 0 bridgehead atoms. The van der Waals surface area contributed by atoms with Crippen molar-refractivity contribution < 1.29 is 24.2 Å². The fourth-order valence-electron chi connectivity index (χ4n) is 5.23. The number of carbonyl (C=O) groups is 3. The van der Waals surface area contributed by atoms with Crippen molar-refractivity contribution in [2.75, 3.05) is 25.5 Å². The van der Waals surface area contributed by atoms with E-state index in [0.29, 0.717) is 35.7 Å². The highest BCUT2D eigenvalue weighted by Gasteiger charge is 2.26. The number of fused-ring (bicyclic) bond motifs is 1. The SMILES string of the molecule is CN(C)c1ccccc1OOC(=O)CN1Cc2c(cccc2C(=O)CCC(=O)N(Cc2ccccc2)Cc2ccccc2)N=C1N. The Bertz CT molecular complexity index is 1670. The van der Waals surface area contributed by atoms with Crippen LogP contribution < -0.4 is 15.5 Å². The summed E-state index contributed by atoms with van der Waals surface area (Å²) in [4.78, 5) is 59.7. The smallest absolute Gasteiger partial charge is 0.374 e. The van der Waals surface area contributed by atoms with Crippen LogP contribution in [-0.2, 0) is 34.1 Å². The van der Waals surface area contributed by atoms with Gasteiger partial charge in [-0.2, -0.15) is 0 Å². The Balaban J connectivity index is 1.23. The number of ketones is 1. The maximum Gasteiger partial charge on any atom is 0.374 e. The second kappa shape index (κ2) is 14.9. The van der Waals surface area contributed by atoms with E-state index in [1.54, 1.807) is 35.2 Å². The number of nitrogens with zero attached hydrogens (tertiary/aromatic N) is 4. The van der Waals surface area contributed by atoms with E-state index in [4.69, 9.17) is 15.5 Å². The fourth-order valence-corrected chi connectivity index (χ4v) is 5.23. The van der Waals surface area contributed by atoms with Crippen molar-refractivity contribution in [3.8, 4) is 5.75 Å². The van der Waals surface area contributed by atoms with E-state index >= 15 is 0 Å². The average Bonchev–Trinajstić information content (AvgIpc) is 3.07. The van der Waals surface area contributed by atoms with Crippen molar-refractivity contribution in [2.24, 2.45) is 10.7 Å². The highest BCUT2D eigenvalue weighted by molar-refractivity contribution is 6.01. The summed E-state index contributed by atoms with van der Waals surface area (Å²) in [7, 11) is 3.71. The van der Waals surface area contributed by atoms with E-state index < -0.39 is 5.97 Å². The van der Waals surface area contributed by atoms with E-state index in [-0.39, 0.29) is 43.6 Å². The largest absolute Gasteiger partial charge is 0.375 e. The average molecular weight is 620 g/mol. The lowest BCUT2D eigenvalue weighted by atomic mass is 9.97. The first-order chi connectivity index (χ1) is 22.3. The normalized spacial score (nSPS) is 12.0. The number of hydrogen-bond donors (Lipinski definition) is 1. The number of rotatable bonds is 13. The molecule has 1 amide bonds. The number of nitrogens with two attached hydrogens (primary N) is 1. The summed E-state index contributed by atoms with van der Waals surface area (Å²) < 4.78 is 0. The minimum atomic E-state index is -0.679. The second-order valence-electron chi connectivity index (χ2n) is 11.2. The third-order valence-corrected chi connectivity index (χ3v) is 7.60. The maximum atomic E-state index is 13.5. The number of aliphatic imine (C=N–C) groups is 1. The first kappa shape index (κ1) is 31.8. The predicted molar refractivity (Wildman–Crippen MR) is 176 cm³/mol. The molecule has 1 aliphatic heterocycles. The zero-order chi connectivity index (χ0) is 32.5. The summed E-state index contributed by atoms with van der Waals surface area (Å²) in [5.41, 5.74) is 10.6. The Hall–Kier alpha value is -5.64. The van der Waals surface area contributed by atoms with Crippen molar-refractivity contribution in [3.63, 3.8) is 0 Å². The van der Waals surface area contributed by atoms with Crippen LogP contribution in [0.5, 0.6) is 5.75 Å². The molecule has 46 heavy (non-hydrogen) atoms. The van der Waals surface area contributed by atoms with Crippen molar-refractivity contribution in [1.29, 1.82) is 0 Å². The van der Waals surface area contributed by atoms with Gasteiger partial charge in [-0.15, -0.1) is 0 Å². The standard InChI is InChI=1S/C36H37N5O5/c1-39(2)31-18-9-10-19-33(31)45-46-35(44)25-41-24-29-28(16-11-17-30(29)38-36(41)37)32(42)20-21-34(43)40(22-26-12-5-3-6-13-26)23-27-14-7-4-8-15-27/h3-19H,20-25H2,1-2H3,(H2,37,38). The monoisotopic (exact) mass is 619 g/mol. The number of amides is 1. The van der Waals surface area contributed by atoms with Gasteiger partial charge in [-0.1, -0.05) is 84.9 Å². The van der Waals surface area contributed by atoms with Gasteiger partial charge in [0.25, 0.3) is 0 Å². The lowest BCUT2D eigenvalue weighted by Crippen LogP contribution is -2.42. The molecule has 0 radical (unpaired) electrons. The number of hydrogen-bond acceptors (Lipinski definition) is 9. The van der Waals surface area contributed by atoms with E-state index in [2.05, 4.69) is 4.99 Å². The molecular formula is C36H37N5O5. The third kappa shape index (κ3) is 8.09. The van der Waals surface area contributed by atoms with Gasteiger partial charge in [0.15, 0.2) is 11.7 Å². The van der Waals surface area contributed by atoms with Crippen molar-refractivity contribution in [3.05, 3.63) is 125 Å². The molecule has 10 nitrogen and oxygen atoms in total. The number of Topliss-reactive ketones (excluding diaryl/α,β-unsaturated/α-hetero) is 1. The lowest BCUT2D eigenvalue weighted by Gasteiger charge is -2.28. The number of anilines is 1. The Morgan fingerprint density at radius 3 is 2.09 bits per heavy atom. The minimum absolute atomic E-state index is 0.0235. The molecule has 0 saturated carbocycles. The van der Waals surface area contributed by atoms with Gasteiger partial charge in [0, 0.05) is 57.7 Å². The fraction of sp³-hybridized carbons (Fsp3) is 0.222. The maximum absolute atomic E-state index is 13.5. The van der Waals surface area contributed by atoms with Crippen LogP contribution in [0.15, 0.2) is 108 Å². The topological polar surface area (TPSA) is 118 Å². The quantitative estimate of drug-likeness (QED) is 0.123. The molecule has 4 aromatic carbocycles. The van der Waals surface area contributed by atoms with Gasteiger partial charge < -0.3 is 20.4 Å². The molecule has 2 N–H and O–H groups in total. The molecule has 0 fully saturated rings. The molecule has 0 aliphatic carbocycles. The van der Waals surface area contributed by atoms with Crippen LogP contribution in [0.2, 0.25) is 0 Å². The highest BCUT2D eigenvalue weighted by Crippen LogP contribution is 2.30. The predicted octanol–water partition coefficient (Wildman–Crippen LogP) is 5.24. The number of guanidine groups is 1. The Labute approximate surface area is 268 Å². The minimum Gasteiger partial charge on any atom is -0.375 e. The van der Waals surface area contributed by atoms with E-state index in [1.807, 2.05) is 91.8 Å². The van der Waals surface area contributed by atoms with Gasteiger partial charge in [-0.25, -0.2) is 14.7 Å². The van der Waals surface area contributed by atoms with Crippen LogP contribution in [0.3, 0.4) is 0 Å². The van der Waals surface area contributed by atoms with Crippen molar-refractivity contribution >= 4 is 35.0 Å². The molecule has 10 heteroatoms. The van der Waals surface area contributed by atoms with E-state index in [9.17, 15) is 14.4 Å². The molecule has 236 valence electrons. The molecule has 1 heterocycles. The molecule has 1 aliphatic rings. The molecule has 0 saturated heterocycles. The van der Waals surface area contributed by atoms with Crippen molar-refractivity contribution in [2.45, 2.75) is 32.5 Å². The first-order valence-corrected chi connectivity index (χ1v) is 15.0. The number of benzene rings is 4. The van der Waals surface area contributed by atoms with Crippen LogP contribution in [0.1, 0.15) is 39.9 Å². The lowest BCUT2D eigenvalue weighted by molar-refractivity contribution is -0.213. The molecule has 5 rings (SSSR count). The number of carbonyl (C=O) groups excluding carboxylic acids is 3. The summed E-state index contributed by atoms with van der Waals surface area (Å²) in [6, 6.07) is 32.0. The number of para-hydroxylation sites is 2.